The van der Waals surface area contributed by atoms with Gasteiger partial charge in [0.25, 0.3) is 0 Å². The second kappa shape index (κ2) is 9.14. The molecule has 0 radical (unpaired) electrons. The van der Waals surface area contributed by atoms with Crippen LogP contribution in [0.15, 0.2) is 54.7 Å². The van der Waals surface area contributed by atoms with Crippen LogP contribution in [-0.4, -0.2) is 18.1 Å². The Bertz CT molecular complexity index is 1130. The number of pyridine rings is 1. The lowest BCUT2D eigenvalue weighted by Gasteiger charge is -2.34. The third-order valence-corrected chi connectivity index (χ3v) is 7.34. The van der Waals surface area contributed by atoms with E-state index < -0.39 is 0 Å². The minimum absolute atomic E-state index is 0.0807. The molecule has 1 spiro atoms. The SMILES string of the molecule is CCc1ccccc1OCc1cc(-c2ccnc(CN)c2F)cc(N2CCC3(CC2)CC3)c1. The molecule has 2 aliphatic rings. The van der Waals surface area contributed by atoms with Crippen molar-refractivity contribution in [3.8, 4) is 16.9 Å². The van der Waals surface area contributed by atoms with Crippen LogP contribution in [-0.2, 0) is 19.6 Å². The molecule has 0 bridgehead atoms. The largest absolute Gasteiger partial charge is 0.489 e. The highest BCUT2D eigenvalue weighted by molar-refractivity contribution is 5.70. The Morgan fingerprint density at radius 1 is 1.06 bits per heavy atom. The predicted molar refractivity (Wildman–Crippen MR) is 131 cm³/mol. The average Bonchev–Trinajstić information content (AvgIpc) is 3.61. The third kappa shape index (κ3) is 4.60. The summed E-state index contributed by atoms with van der Waals surface area (Å²) in [6.45, 7) is 4.75. The van der Waals surface area contributed by atoms with Crippen molar-refractivity contribution >= 4 is 5.69 Å². The summed E-state index contributed by atoms with van der Waals surface area (Å²) in [6.07, 6.45) is 7.79. The lowest BCUT2D eigenvalue weighted by atomic mass is 9.93. The topological polar surface area (TPSA) is 51.4 Å². The van der Waals surface area contributed by atoms with Crippen molar-refractivity contribution in [3.63, 3.8) is 0 Å². The second-order valence-corrected chi connectivity index (χ2v) is 9.45. The number of rotatable bonds is 7. The first-order chi connectivity index (χ1) is 16.1. The van der Waals surface area contributed by atoms with E-state index in [-0.39, 0.29) is 12.4 Å². The number of benzene rings is 2. The van der Waals surface area contributed by atoms with Crippen LogP contribution >= 0.6 is 0 Å². The number of piperidine rings is 1. The molecule has 1 aliphatic carbocycles. The van der Waals surface area contributed by atoms with Crippen molar-refractivity contribution in [1.29, 1.82) is 0 Å². The van der Waals surface area contributed by atoms with E-state index in [1.165, 1.54) is 31.2 Å². The molecule has 1 aliphatic heterocycles. The van der Waals surface area contributed by atoms with E-state index in [2.05, 4.69) is 35.0 Å². The Morgan fingerprint density at radius 3 is 2.58 bits per heavy atom. The van der Waals surface area contributed by atoms with Gasteiger partial charge in [0.05, 0.1) is 5.69 Å². The van der Waals surface area contributed by atoms with Gasteiger partial charge in [-0.05, 0) is 84.5 Å². The monoisotopic (exact) mass is 445 g/mol. The first-order valence-electron chi connectivity index (χ1n) is 12.0. The summed E-state index contributed by atoms with van der Waals surface area (Å²) in [6, 6.07) is 16.2. The summed E-state index contributed by atoms with van der Waals surface area (Å²) in [5.41, 5.74) is 11.4. The zero-order chi connectivity index (χ0) is 22.8. The summed E-state index contributed by atoms with van der Waals surface area (Å²) in [4.78, 5) is 6.54. The molecular weight excluding hydrogens is 413 g/mol. The molecule has 33 heavy (non-hydrogen) atoms. The molecule has 0 atom stereocenters. The van der Waals surface area contributed by atoms with Crippen molar-refractivity contribution in [3.05, 3.63) is 77.4 Å². The number of halogens is 1. The van der Waals surface area contributed by atoms with Gasteiger partial charge in [0.15, 0.2) is 5.82 Å². The van der Waals surface area contributed by atoms with E-state index in [4.69, 9.17) is 10.5 Å². The van der Waals surface area contributed by atoms with Crippen LogP contribution in [0.3, 0.4) is 0 Å². The Labute approximate surface area is 195 Å². The number of aromatic nitrogens is 1. The number of hydrogen-bond acceptors (Lipinski definition) is 4. The summed E-state index contributed by atoms with van der Waals surface area (Å²) in [5, 5.41) is 0. The van der Waals surface area contributed by atoms with E-state index >= 15 is 4.39 Å². The fourth-order valence-electron chi connectivity index (χ4n) is 4.96. The van der Waals surface area contributed by atoms with Crippen LogP contribution in [0.4, 0.5) is 10.1 Å². The molecule has 1 saturated heterocycles. The zero-order valence-corrected chi connectivity index (χ0v) is 19.3. The maximum absolute atomic E-state index is 15.1. The Balaban J connectivity index is 1.47. The molecule has 5 heteroatoms. The number of hydrogen-bond donors (Lipinski definition) is 1. The molecule has 5 rings (SSSR count). The van der Waals surface area contributed by atoms with Gasteiger partial charge in [-0.1, -0.05) is 25.1 Å². The van der Waals surface area contributed by atoms with Gasteiger partial charge in [0.1, 0.15) is 12.4 Å². The fraction of sp³-hybridized carbons (Fsp3) is 0.393. The summed E-state index contributed by atoms with van der Waals surface area (Å²) in [5.74, 6) is 0.567. The number of nitrogens with two attached hydrogens (primary N) is 1. The fourth-order valence-corrected chi connectivity index (χ4v) is 4.96. The minimum Gasteiger partial charge on any atom is -0.489 e. The predicted octanol–water partition coefficient (Wildman–Crippen LogP) is 5.87. The zero-order valence-electron chi connectivity index (χ0n) is 19.3. The average molecular weight is 446 g/mol. The second-order valence-electron chi connectivity index (χ2n) is 9.45. The third-order valence-electron chi connectivity index (χ3n) is 7.34. The van der Waals surface area contributed by atoms with Gasteiger partial charge < -0.3 is 15.4 Å². The Hall–Kier alpha value is -2.92. The lowest BCUT2D eigenvalue weighted by Crippen LogP contribution is -2.34. The van der Waals surface area contributed by atoms with Gasteiger partial charge in [-0.2, -0.15) is 0 Å². The van der Waals surface area contributed by atoms with Crippen LogP contribution in [0.5, 0.6) is 5.75 Å². The summed E-state index contributed by atoms with van der Waals surface area (Å²) < 4.78 is 21.4. The normalized spacial score (nSPS) is 16.8. The summed E-state index contributed by atoms with van der Waals surface area (Å²) >= 11 is 0. The van der Waals surface area contributed by atoms with Gasteiger partial charge in [-0.3, -0.25) is 4.98 Å². The first-order valence-corrected chi connectivity index (χ1v) is 12.0. The van der Waals surface area contributed by atoms with E-state index in [0.717, 1.165) is 42.1 Å². The van der Waals surface area contributed by atoms with Gasteiger partial charge in [-0.25, -0.2) is 4.39 Å². The van der Waals surface area contributed by atoms with Crippen LogP contribution in [0.1, 0.15) is 49.4 Å². The van der Waals surface area contributed by atoms with E-state index in [1.54, 1.807) is 12.3 Å². The molecule has 4 nitrogen and oxygen atoms in total. The molecule has 2 aromatic carbocycles. The molecule has 0 unspecified atom stereocenters. The minimum atomic E-state index is -0.337. The van der Waals surface area contributed by atoms with Crippen LogP contribution in [0, 0.1) is 11.2 Å². The first kappa shape index (κ1) is 21.9. The van der Waals surface area contributed by atoms with Crippen LogP contribution in [0.2, 0.25) is 0 Å². The van der Waals surface area contributed by atoms with Crippen molar-refractivity contribution in [2.24, 2.45) is 11.1 Å². The Kier molecular flexibility index (Phi) is 6.07. The highest BCUT2D eigenvalue weighted by Gasteiger charge is 2.44. The molecule has 0 amide bonds. The molecule has 2 heterocycles. The maximum Gasteiger partial charge on any atom is 0.153 e. The number of ether oxygens (including phenoxy) is 1. The number of anilines is 1. The standard InChI is InChI=1S/C28H32FN3O/c1-2-21-5-3-4-6-26(21)33-19-20-15-22(24-7-12-31-25(18-30)27(24)29)17-23(16-20)32-13-10-28(8-9-28)11-14-32/h3-7,12,15-17H,2,8-11,13-14,18-19,30H2,1H3. The van der Waals surface area contributed by atoms with E-state index in [0.29, 0.717) is 23.3 Å². The molecule has 1 saturated carbocycles. The van der Waals surface area contributed by atoms with E-state index in [9.17, 15) is 0 Å². The van der Waals surface area contributed by atoms with Crippen molar-refractivity contribution < 1.29 is 9.13 Å². The smallest absolute Gasteiger partial charge is 0.153 e. The van der Waals surface area contributed by atoms with Crippen molar-refractivity contribution in [2.75, 3.05) is 18.0 Å². The van der Waals surface area contributed by atoms with E-state index in [1.807, 2.05) is 24.3 Å². The highest BCUT2D eigenvalue weighted by atomic mass is 19.1. The van der Waals surface area contributed by atoms with Crippen molar-refractivity contribution in [1.82, 2.24) is 4.98 Å². The molecule has 2 N–H and O–H groups in total. The molecule has 3 aromatic rings. The van der Waals surface area contributed by atoms with Gasteiger partial charge in [-0.15, -0.1) is 0 Å². The lowest BCUT2D eigenvalue weighted by molar-refractivity contribution is 0.303. The Morgan fingerprint density at radius 2 is 1.85 bits per heavy atom. The molecular formula is C28H32FN3O. The molecule has 1 aromatic heterocycles. The van der Waals surface area contributed by atoms with Gasteiger partial charge >= 0.3 is 0 Å². The highest BCUT2D eigenvalue weighted by Crippen LogP contribution is 2.54. The maximum atomic E-state index is 15.1. The number of nitrogens with zero attached hydrogens (tertiary/aromatic N) is 2. The molecule has 172 valence electrons. The summed E-state index contributed by atoms with van der Waals surface area (Å²) in [7, 11) is 0. The van der Waals surface area contributed by atoms with Crippen LogP contribution < -0.4 is 15.4 Å². The van der Waals surface area contributed by atoms with Crippen molar-refractivity contribution in [2.45, 2.75) is 52.2 Å². The number of aryl methyl sites for hydroxylation is 1. The molecule has 2 fully saturated rings. The van der Waals surface area contributed by atoms with Gasteiger partial charge in [0, 0.05) is 37.1 Å². The number of para-hydroxylation sites is 1. The van der Waals surface area contributed by atoms with Crippen LogP contribution in [0.25, 0.3) is 11.1 Å². The quantitative estimate of drug-likeness (QED) is 0.494. The van der Waals surface area contributed by atoms with Gasteiger partial charge in [0.2, 0.25) is 0 Å².